The zero-order valence-corrected chi connectivity index (χ0v) is 13.9. The van der Waals surface area contributed by atoms with Crippen LogP contribution in [0.4, 0.5) is 0 Å². The average molecular weight is 310 g/mol. The van der Waals surface area contributed by atoms with Crippen molar-refractivity contribution in [2.24, 2.45) is 11.3 Å². The Morgan fingerprint density at radius 3 is 2.48 bits per heavy atom. The van der Waals surface area contributed by atoms with Crippen molar-refractivity contribution in [1.29, 1.82) is 0 Å². The van der Waals surface area contributed by atoms with Crippen LogP contribution in [-0.2, 0) is 15.0 Å². The summed E-state index contributed by atoms with van der Waals surface area (Å²) in [6.45, 7) is 11.9. The van der Waals surface area contributed by atoms with E-state index < -0.39 is 16.9 Å². The second-order valence-electron chi connectivity index (χ2n) is 7.34. The lowest BCUT2D eigenvalue weighted by Gasteiger charge is -2.54. The minimum atomic E-state index is -0.763. The van der Waals surface area contributed by atoms with Gasteiger partial charge in [0.1, 0.15) is 0 Å². The quantitative estimate of drug-likeness (QED) is 0.748. The maximum Gasteiger partial charge on any atom is 0.282 e. The SMILES string of the molecule is [C-]#[N+]C1C[C@]2(c3ccccc3)C(=O)N(C)CC[C@H]2C(C)(C)C1=O. The first-order valence-electron chi connectivity index (χ1n) is 8.07. The molecule has 0 radical (unpaired) electrons. The normalized spacial score (nSPS) is 33.0. The van der Waals surface area contributed by atoms with Crippen LogP contribution in [0.15, 0.2) is 30.3 Å². The van der Waals surface area contributed by atoms with Crippen molar-refractivity contribution in [2.75, 3.05) is 13.6 Å². The Bertz CT molecular complexity index is 689. The molecule has 23 heavy (non-hydrogen) atoms. The topological polar surface area (TPSA) is 41.7 Å². The number of amides is 1. The number of likely N-dealkylation sites (tertiary alicyclic amines) is 1. The van der Waals surface area contributed by atoms with Gasteiger partial charge in [-0.05, 0) is 17.9 Å². The van der Waals surface area contributed by atoms with Gasteiger partial charge in [-0.3, -0.25) is 9.59 Å². The number of hydrogen-bond acceptors (Lipinski definition) is 2. The van der Waals surface area contributed by atoms with Crippen molar-refractivity contribution in [3.8, 4) is 0 Å². The highest BCUT2D eigenvalue weighted by Crippen LogP contribution is 2.55. The van der Waals surface area contributed by atoms with Crippen molar-refractivity contribution in [2.45, 2.75) is 38.1 Å². The third-order valence-corrected chi connectivity index (χ3v) is 5.85. The lowest BCUT2D eigenvalue weighted by molar-refractivity contribution is -0.156. The van der Waals surface area contributed by atoms with Gasteiger partial charge in [0, 0.05) is 25.4 Å². The number of carbonyl (C=O) groups excluding carboxylic acids is 2. The Kier molecular flexibility index (Phi) is 3.55. The van der Waals surface area contributed by atoms with Crippen molar-refractivity contribution >= 4 is 11.7 Å². The molecular formula is C19H22N2O2. The molecular weight excluding hydrogens is 288 g/mol. The highest BCUT2D eigenvalue weighted by Gasteiger charge is 2.65. The zero-order valence-electron chi connectivity index (χ0n) is 13.9. The Morgan fingerprint density at radius 1 is 1.22 bits per heavy atom. The molecule has 3 atom stereocenters. The van der Waals surface area contributed by atoms with E-state index in [4.69, 9.17) is 6.57 Å². The number of benzene rings is 1. The monoisotopic (exact) mass is 310 g/mol. The average Bonchev–Trinajstić information content (AvgIpc) is 2.55. The van der Waals surface area contributed by atoms with E-state index in [0.29, 0.717) is 13.0 Å². The number of ketones is 1. The van der Waals surface area contributed by atoms with E-state index in [0.717, 1.165) is 12.0 Å². The van der Waals surface area contributed by atoms with Crippen molar-refractivity contribution < 1.29 is 9.59 Å². The van der Waals surface area contributed by atoms with E-state index in [-0.39, 0.29) is 17.6 Å². The number of carbonyl (C=O) groups is 2. The number of nitrogens with zero attached hydrogens (tertiary/aromatic N) is 2. The third kappa shape index (κ3) is 2.03. The first kappa shape index (κ1) is 15.7. The highest BCUT2D eigenvalue weighted by atomic mass is 16.2. The zero-order chi connectivity index (χ0) is 16.8. The maximum atomic E-state index is 13.2. The molecule has 2 fully saturated rings. The molecule has 4 nitrogen and oxygen atoms in total. The van der Waals surface area contributed by atoms with E-state index in [9.17, 15) is 9.59 Å². The predicted molar refractivity (Wildman–Crippen MR) is 87.7 cm³/mol. The largest absolute Gasteiger partial charge is 0.345 e. The molecule has 0 aromatic heterocycles. The first-order chi connectivity index (χ1) is 10.9. The summed E-state index contributed by atoms with van der Waals surface area (Å²) in [6.07, 6.45) is 1.09. The molecule has 1 aromatic carbocycles. The van der Waals surface area contributed by atoms with E-state index in [1.807, 2.05) is 51.2 Å². The summed E-state index contributed by atoms with van der Waals surface area (Å²) in [5, 5.41) is 0. The molecule has 0 bridgehead atoms. The van der Waals surface area contributed by atoms with Crippen molar-refractivity contribution in [3.63, 3.8) is 0 Å². The second-order valence-corrected chi connectivity index (χ2v) is 7.34. The summed E-state index contributed by atoms with van der Waals surface area (Å²) in [6, 6.07) is 8.99. The Labute approximate surface area is 137 Å². The molecule has 120 valence electrons. The Morgan fingerprint density at radius 2 is 1.87 bits per heavy atom. The van der Waals surface area contributed by atoms with Gasteiger partial charge in [-0.15, -0.1) is 0 Å². The summed E-state index contributed by atoms with van der Waals surface area (Å²) >= 11 is 0. The fraction of sp³-hybridized carbons (Fsp3) is 0.526. The van der Waals surface area contributed by atoms with Gasteiger partial charge in [0.2, 0.25) is 11.7 Å². The predicted octanol–water partition coefficient (Wildman–Crippen LogP) is 2.69. The molecule has 1 unspecified atom stereocenters. The van der Waals surface area contributed by atoms with Crippen LogP contribution in [0.25, 0.3) is 4.85 Å². The summed E-state index contributed by atoms with van der Waals surface area (Å²) in [5.74, 6) is -0.0258. The number of hydrogen-bond donors (Lipinski definition) is 0. The molecule has 1 aromatic rings. The lowest BCUT2D eigenvalue weighted by Crippen LogP contribution is -2.65. The molecule has 1 aliphatic heterocycles. The molecule has 4 heteroatoms. The van der Waals surface area contributed by atoms with Gasteiger partial charge < -0.3 is 9.74 Å². The van der Waals surface area contributed by atoms with E-state index in [2.05, 4.69) is 4.85 Å². The minimum absolute atomic E-state index is 0.0126. The van der Waals surface area contributed by atoms with Gasteiger partial charge in [-0.1, -0.05) is 44.2 Å². The first-order valence-corrected chi connectivity index (χ1v) is 8.07. The molecule has 1 saturated carbocycles. The summed E-state index contributed by atoms with van der Waals surface area (Å²) in [7, 11) is 1.82. The van der Waals surface area contributed by atoms with Crippen LogP contribution in [-0.4, -0.2) is 36.2 Å². The second kappa shape index (κ2) is 5.19. The molecule has 2 aliphatic rings. The van der Waals surface area contributed by atoms with Gasteiger partial charge in [0.25, 0.3) is 6.04 Å². The highest BCUT2D eigenvalue weighted by molar-refractivity contribution is 5.98. The number of piperidine rings is 1. The van der Waals surface area contributed by atoms with Gasteiger partial charge in [-0.2, -0.15) is 0 Å². The van der Waals surface area contributed by atoms with Crippen LogP contribution < -0.4 is 0 Å². The summed E-state index contributed by atoms with van der Waals surface area (Å²) < 4.78 is 0. The maximum absolute atomic E-state index is 13.2. The van der Waals surface area contributed by atoms with Crippen LogP contribution >= 0.6 is 0 Å². The van der Waals surface area contributed by atoms with E-state index in [1.165, 1.54) is 0 Å². The molecule has 1 aliphatic carbocycles. The van der Waals surface area contributed by atoms with E-state index >= 15 is 0 Å². The van der Waals surface area contributed by atoms with Crippen LogP contribution in [0, 0.1) is 17.9 Å². The standard InChI is InChI=1S/C19H22N2O2/c1-18(2)15-10-11-21(4)17(23)19(15,12-14(20-3)16(18)22)13-8-6-5-7-9-13/h5-9,14-15H,10-12H2,1-2,4H3/t14?,15-,19+/m0/s1. The number of fused-ring (bicyclic) bond motifs is 1. The smallest absolute Gasteiger partial charge is 0.282 e. The third-order valence-electron chi connectivity index (χ3n) is 5.85. The summed E-state index contributed by atoms with van der Waals surface area (Å²) in [5.41, 5.74) is -0.489. The van der Waals surface area contributed by atoms with Gasteiger partial charge in [-0.25, -0.2) is 6.57 Å². The van der Waals surface area contributed by atoms with Crippen molar-refractivity contribution in [1.82, 2.24) is 4.90 Å². The molecule has 0 spiro atoms. The molecule has 1 saturated heterocycles. The van der Waals surface area contributed by atoms with Gasteiger partial charge >= 0.3 is 0 Å². The van der Waals surface area contributed by atoms with Crippen LogP contribution in [0.2, 0.25) is 0 Å². The van der Waals surface area contributed by atoms with Crippen LogP contribution in [0.1, 0.15) is 32.3 Å². The Balaban J connectivity index is 2.25. The van der Waals surface area contributed by atoms with Crippen LogP contribution in [0.5, 0.6) is 0 Å². The molecule has 1 heterocycles. The number of Topliss-reactive ketones (excluding diaryl/α,β-unsaturated/α-hetero) is 1. The van der Waals surface area contributed by atoms with Crippen LogP contribution in [0.3, 0.4) is 0 Å². The van der Waals surface area contributed by atoms with Gasteiger partial charge in [0.05, 0.1) is 5.41 Å². The van der Waals surface area contributed by atoms with E-state index in [1.54, 1.807) is 4.90 Å². The van der Waals surface area contributed by atoms with Gasteiger partial charge in [0.15, 0.2) is 0 Å². The fourth-order valence-corrected chi connectivity index (χ4v) is 4.65. The Hall–Kier alpha value is -2.15. The molecule has 0 N–H and O–H groups in total. The molecule has 1 amide bonds. The number of rotatable bonds is 1. The number of likely N-dealkylation sites (N-methyl/N-ethyl adjacent to an activating group) is 1. The molecule has 3 rings (SSSR count). The lowest BCUT2D eigenvalue weighted by atomic mass is 9.49. The summed E-state index contributed by atoms with van der Waals surface area (Å²) in [4.78, 5) is 31.3. The minimum Gasteiger partial charge on any atom is -0.345 e. The fourth-order valence-electron chi connectivity index (χ4n) is 4.65. The van der Waals surface area contributed by atoms with Crippen molar-refractivity contribution in [3.05, 3.63) is 47.3 Å².